The molecule has 0 aromatic carbocycles. The van der Waals surface area contributed by atoms with Crippen LogP contribution in [-0.2, 0) is 12.7 Å². The molecule has 84 valence electrons. The molecule has 0 amide bonds. The van der Waals surface area contributed by atoms with Gasteiger partial charge < -0.3 is 10.0 Å². The number of halogens is 3. The van der Waals surface area contributed by atoms with Crippen LogP contribution in [0.4, 0.5) is 13.2 Å². The summed E-state index contributed by atoms with van der Waals surface area (Å²) >= 11 is 0. The molecule has 0 spiro atoms. The van der Waals surface area contributed by atoms with E-state index < -0.39 is 24.5 Å². The van der Waals surface area contributed by atoms with Gasteiger partial charge in [0.2, 0.25) is 0 Å². The van der Waals surface area contributed by atoms with Crippen LogP contribution in [0.5, 0.6) is 0 Å². The molecule has 0 aliphatic carbocycles. The molecule has 0 saturated carbocycles. The Morgan fingerprint density at radius 1 is 1.47 bits per heavy atom. The predicted molar refractivity (Wildman–Crippen MR) is 47.3 cm³/mol. The highest BCUT2D eigenvalue weighted by atomic mass is 19.4. The molecule has 0 fully saturated rings. The van der Waals surface area contributed by atoms with Crippen molar-refractivity contribution in [1.29, 1.82) is 0 Å². The first-order valence-corrected chi connectivity index (χ1v) is 4.37. The van der Waals surface area contributed by atoms with E-state index in [1.807, 2.05) is 0 Å². The van der Waals surface area contributed by atoms with Crippen LogP contribution in [0.1, 0.15) is 19.0 Å². The molecule has 0 unspecified atom stereocenters. The van der Waals surface area contributed by atoms with E-state index in [1.165, 1.54) is 0 Å². The second-order valence-corrected chi connectivity index (χ2v) is 3.07. The number of hydrogen-bond acceptors (Lipinski definition) is 3. The normalized spacial score (nSPS) is 11.9. The van der Waals surface area contributed by atoms with Crippen molar-refractivity contribution in [3.63, 3.8) is 0 Å². The van der Waals surface area contributed by atoms with Gasteiger partial charge in [0.1, 0.15) is 0 Å². The van der Waals surface area contributed by atoms with Crippen LogP contribution < -0.4 is 5.46 Å². The lowest BCUT2D eigenvalue weighted by Crippen LogP contribution is -2.34. The van der Waals surface area contributed by atoms with Crippen LogP contribution in [0.3, 0.4) is 0 Å². The van der Waals surface area contributed by atoms with Gasteiger partial charge in [-0.05, 0) is 6.42 Å². The van der Waals surface area contributed by atoms with Gasteiger partial charge in [-0.15, -0.1) is 0 Å². The maximum absolute atomic E-state index is 12.4. The Morgan fingerprint density at radius 3 is 2.40 bits per heavy atom. The molecular weight excluding hydrogens is 212 g/mol. The summed E-state index contributed by atoms with van der Waals surface area (Å²) in [5, 5.41) is 20.8. The number of alkyl halides is 3. The summed E-state index contributed by atoms with van der Waals surface area (Å²) in [4.78, 5) is 0. The molecule has 0 radical (unpaired) electrons. The van der Waals surface area contributed by atoms with Crippen molar-refractivity contribution in [3.05, 3.63) is 11.9 Å². The Hall–Kier alpha value is -1.02. The van der Waals surface area contributed by atoms with E-state index >= 15 is 0 Å². The van der Waals surface area contributed by atoms with Crippen molar-refractivity contribution in [2.75, 3.05) is 0 Å². The number of aryl methyl sites for hydroxylation is 1. The Labute approximate surface area is 84.5 Å². The Kier molecular flexibility index (Phi) is 3.40. The molecule has 0 bridgehead atoms. The van der Waals surface area contributed by atoms with Crippen LogP contribution in [0.15, 0.2) is 6.20 Å². The zero-order valence-corrected chi connectivity index (χ0v) is 7.99. The van der Waals surface area contributed by atoms with Crippen molar-refractivity contribution in [1.82, 2.24) is 9.78 Å². The quantitative estimate of drug-likeness (QED) is 0.707. The smallest absolute Gasteiger partial charge is 0.423 e. The van der Waals surface area contributed by atoms with Gasteiger partial charge >= 0.3 is 13.3 Å². The average Bonchev–Trinajstić information content (AvgIpc) is 2.48. The summed E-state index contributed by atoms with van der Waals surface area (Å²) in [5.74, 6) is 0. The van der Waals surface area contributed by atoms with E-state index in [9.17, 15) is 13.2 Å². The summed E-state index contributed by atoms with van der Waals surface area (Å²) in [6.07, 6.45) is -3.06. The molecule has 1 heterocycles. The van der Waals surface area contributed by atoms with E-state index in [0.717, 1.165) is 10.9 Å². The summed E-state index contributed by atoms with van der Waals surface area (Å²) in [6, 6.07) is 0. The second kappa shape index (κ2) is 4.24. The molecule has 1 rings (SSSR count). The minimum absolute atomic E-state index is 0.301. The molecule has 4 nitrogen and oxygen atoms in total. The molecule has 8 heteroatoms. The fraction of sp³-hybridized carbons (Fsp3) is 0.571. The molecule has 1 aromatic rings. The highest BCUT2D eigenvalue weighted by molar-refractivity contribution is 6.59. The number of rotatable bonds is 3. The Bertz CT molecular complexity index is 337. The van der Waals surface area contributed by atoms with E-state index in [4.69, 9.17) is 10.0 Å². The van der Waals surface area contributed by atoms with Crippen molar-refractivity contribution in [3.8, 4) is 0 Å². The maximum atomic E-state index is 12.4. The standard InChI is InChI=1S/C7H10BF3N2O2/c1-2-3-13-4-5(8(14)15)6(12-13)7(9,10)11/h4,14-15H,2-3H2,1H3. The van der Waals surface area contributed by atoms with Gasteiger partial charge in [0.05, 0.1) is 0 Å². The zero-order valence-electron chi connectivity index (χ0n) is 7.99. The number of aromatic nitrogens is 2. The maximum Gasteiger partial charge on any atom is 0.492 e. The fourth-order valence-corrected chi connectivity index (χ4v) is 1.19. The molecular formula is C7H10BF3N2O2. The largest absolute Gasteiger partial charge is 0.492 e. The van der Waals surface area contributed by atoms with E-state index in [2.05, 4.69) is 5.10 Å². The van der Waals surface area contributed by atoms with Crippen LogP contribution >= 0.6 is 0 Å². The molecule has 0 atom stereocenters. The fourth-order valence-electron chi connectivity index (χ4n) is 1.19. The number of nitrogens with zero attached hydrogens (tertiary/aromatic N) is 2. The van der Waals surface area contributed by atoms with Gasteiger partial charge in [0, 0.05) is 18.2 Å². The third-order valence-electron chi connectivity index (χ3n) is 1.79. The lowest BCUT2D eigenvalue weighted by Gasteiger charge is -2.04. The van der Waals surface area contributed by atoms with Gasteiger partial charge in [-0.2, -0.15) is 18.3 Å². The topological polar surface area (TPSA) is 58.3 Å². The minimum Gasteiger partial charge on any atom is -0.423 e. The van der Waals surface area contributed by atoms with Crippen LogP contribution in [0.2, 0.25) is 0 Å². The van der Waals surface area contributed by atoms with Crippen LogP contribution in [0.25, 0.3) is 0 Å². The minimum atomic E-state index is -4.67. The third kappa shape index (κ3) is 2.72. The van der Waals surface area contributed by atoms with E-state index in [-0.39, 0.29) is 0 Å². The van der Waals surface area contributed by atoms with Crippen molar-refractivity contribution >= 4 is 12.6 Å². The van der Waals surface area contributed by atoms with Crippen molar-refractivity contribution in [2.24, 2.45) is 0 Å². The summed E-state index contributed by atoms with van der Waals surface area (Å²) in [7, 11) is -2.16. The molecule has 1 aromatic heterocycles. The van der Waals surface area contributed by atoms with Gasteiger partial charge in [-0.3, -0.25) is 4.68 Å². The van der Waals surface area contributed by atoms with Crippen molar-refractivity contribution < 1.29 is 23.2 Å². The van der Waals surface area contributed by atoms with E-state index in [1.54, 1.807) is 6.92 Å². The molecule has 15 heavy (non-hydrogen) atoms. The SMILES string of the molecule is CCCn1cc(B(O)O)c(C(F)(F)F)n1. The first kappa shape index (κ1) is 12.1. The predicted octanol–water partition coefficient (Wildman–Crippen LogP) is -0.00830. The first-order valence-electron chi connectivity index (χ1n) is 4.37. The molecule has 2 N–H and O–H groups in total. The summed E-state index contributed by atoms with van der Waals surface area (Å²) < 4.78 is 38.1. The van der Waals surface area contributed by atoms with Gasteiger partial charge in [-0.1, -0.05) is 6.92 Å². The third-order valence-corrected chi connectivity index (χ3v) is 1.79. The molecule has 0 aliphatic rings. The lowest BCUT2D eigenvalue weighted by molar-refractivity contribution is -0.140. The highest BCUT2D eigenvalue weighted by Crippen LogP contribution is 2.26. The van der Waals surface area contributed by atoms with E-state index in [0.29, 0.717) is 13.0 Å². The monoisotopic (exact) mass is 222 g/mol. The highest BCUT2D eigenvalue weighted by Gasteiger charge is 2.39. The summed E-state index contributed by atoms with van der Waals surface area (Å²) in [5.41, 5.74) is -1.86. The van der Waals surface area contributed by atoms with Crippen LogP contribution in [-0.4, -0.2) is 26.9 Å². The van der Waals surface area contributed by atoms with Crippen molar-refractivity contribution in [2.45, 2.75) is 26.1 Å². The lowest BCUT2D eigenvalue weighted by atomic mass is 9.80. The zero-order chi connectivity index (χ0) is 11.6. The Balaban J connectivity index is 3.12. The second-order valence-electron chi connectivity index (χ2n) is 3.07. The van der Waals surface area contributed by atoms with Gasteiger partial charge in [0.15, 0.2) is 5.69 Å². The number of hydrogen-bond donors (Lipinski definition) is 2. The summed E-state index contributed by atoms with van der Waals surface area (Å²) in [6.45, 7) is 2.08. The molecule has 0 aliphatic heterocycles. The van der Waals surface area contributed by atoms with Crippen LogP contribution in [0, 0.1) is 0 Å². The molecule has 0 saturated heterocycles. The van der Waals surface area contributed by atoms with Gasteiger partial charge in [0.25, 0.3) is 0 Å². The average molecular weight is 222 g/mol. The Morgan fingerprint density at radius 2 is 2.07 bits per heavy atom. The van der Waals surface area contributed by atoms with Gasteiger partial charge in [-0.25, -0.2) is 0 Å². The first-order chi connectivity index (χ1) is 6.86.